The molecule has 0 radical (unpaired) electrons. The van der Waals surface area contributed by atoms with E-state index in [1.54, 1.807) is 0 Å². The van der Waals surface area contributed by atoms with Crippen LogP contribution in [0.25, 0.3) is 0 Å². The highest BCUT2D eigenvalue weighted by Gasteiger charge is 2.12. The summed E-state index contributed by atoms with van der Waals surface area (Å²) < 4.78 is 1.05. The number of rotatable bonds is 5. The Morgan fingerprint density at radius 1 is 1.56 bits per heavy atom. The van der Waals surface area contributed by atoms with Crippen LogP contribution in [0.5, 0.6) is 0 Å². The second-order valence-corrected chi connectivity index (χ2v) is 5.05. The molecule has 1 heterocycles. The van der Waals surface area contributed by atoms with Gasteiger partial charge in [-0.3, -0.25) is 0 Å². The van der Waals surface area contributed by atoms with Crippen molar-refractivity contribution in [1.29, 1.82) is 0 Å². The van der Waals surface area contributed by atoms with Crippen LogP contribution in [0, 0.1) is 12.8 Å². The molecule has 1 aromatic heterocycles. The van der Waals surface area contributed by atoms with E-state index in [9.17, 15) is 0 Å². The van der Waals surface area contributed by atoms with Gasteiger partial charge < -0.3 is 10.6 Å². The fraction of sp³-hybridized carbons (Fsp3) is 0.583. The predicted octanol–water partition coefficient (Wildman–Crippen LogP) is 2.57. The zero-order valence-corrected chi connectivity index (χ0v) is 11.8. The van der Waals surface area contributed by atoms with E-state index in [2.05, 4.69) is 45.7 Å². The SMILES string of the molecule is CCN(CC(C)CN)c1ncc(C)cc1Br. The first kappa shape index (κ1) is 13.5. The lowest BCUT2D eigenvalue weighted by molar-refractivity contribution is 0.572. The van der Waals surface area contributed by atoms with Crippen LogP contribution in [0.15, 0.2) is 16.7 Å². The smallest absolute Gasteiger partial charge is 0.142 e. The summed E-state index contributed by atoms with van der Waals surface area (Å²) in [5.74, 6) is 1.49. The van der Waals surface area contributed by atoms with Gasteiger partial charge in [0.25, 0.3) is 0 Å². The minimum absolute atomic E-state index is 0.481. The summed E-state index contributed by atoms with van der Waals surface area (Å²) in [5, 5.41) is 0. The van der Waals surface area contributed by atoms with Crippen LogP contribution in [-0.4, -0.2) is 24.6 Å². The zero-order chi connectivity index (χ0) is 12.1. The monoisotopic (exact) mass is 285 g/mol. The third-order valence-corrected chi connectivity index (χ3v) is 3.16. The Bertz CT molecular complexity index is 341. The first-order valence-corrected chi connectivity index (χ1v) is 6.45. The van der Waals surface area contributed by atoms with Crippen molar-refractivity contribution >= 4 is 21.7 Å². The molecule has 0 saturated carbocycles. The number of pyridine rings is 1. The molecule has 16 heavy (non-hydrogen) atoms. The van der Waals surface area contributed by atoms with Gasteiger partial charge in [0, 0.05) is 19.3 Å². The van der Waals surface area contributed by atoms with Gasteiger partial charge in [0.1, 0.15) is 5.82 Å². The maximum Gasteiger partial charge on any atom is 0.142 e. The quantitative estimate of drug-likeness (QED) is 0.904. The molecule has 0 aliphatic heterocycles. The topological polar surface area (TPSA) is 42.1 Å². The number of hydrogen-bond acceptors (Lipinski definition) is 3. The summed E-state index contributed by atoms with van der Waals surface area (Å²) in [6, 6.07) is 2.10. The minimum Gasteiger partial charge on any atom is -0.356 e. The van der Waals surface area contributed by atoms with Crippen molar-refractivity contribution in [3.63, 3.8) is 0 Å². The molecule has 2 N–H and O–H groups in total. The molecule has 0 aromatic carbocycles. The summed E-state index contributed by atoms with van der Waals surface area (Å²) >= 11 is 3.56. The Kier molecular flexibility index (Phi) is 5.22. The van der Waals surface area contributed by atoms with Crippen molar-refractivity contribution in [2.24, 2.45) is 11.7 Å². The predicted molar refractivity (Wildman–Crippen MR) is 72.8 cm³/mol. The summed E-state index contributed by atoms with van der Waals surface area (Å²) in [6.45, 7) is 8.93. The average molecular weight is 286 g/mol. The van der Waals surface area contributed by atoms with Crippen molar-refractivity contribution in [2.75, 3.05) is 24.5 Å². The van der Waals surface area contributed by atoms with Crippen LogP contribution >= 0.6 is 15.9 Å². The number of nitrogens with two attached hydrogens (primary N) is 1. The van der Waals surface area contributed by atoms with Gasteiger partial charge in [0.05, 0.1) is 4.47 Å². The number of hydrogen-bond donors (Lipinski definition) is 1. The van der Waals surface area contributed by atoms with Crippen LogP contribution in [0.3, 0.4) is 0 Å². The van der Waals surface area contributed by atoms with Crippen molar-refractivity contribution in [3.8, 4) is 0 Å². The molecule has 1 rings (SSSR count). The van der Waals surface area contributed by atoms with Crippen LogP contribution < -0.4 is 10.6 Å². The molecule has 90 valence electrons. The second-order valence-electron chi connectivity index (χ2n) is 4.20. The standard InChI is InChI=1S/C12H20BrN3/c1-4-16(8-10(3)6-14)12-11(13)5-9(2)7-15-12/h5,7,10H,4,6,8,14H2,1-3H3. The van der Waals surface area contributed by atoms with Gasteiger partial charge in [-0.15, -0.1) is 0 Å². The number of aryl methyl sites for hydroxylation is 1. The van der Waals surface area contributed by atoms with E-state index in [-0.39, 0.29) is 0 Å². The van der Waals surface area contributed by atoms with E-state index < -0.39 is 0 Å². The highest BCUT2D eigenvalue weighted by atomic mass is 79.9. The van der Waals surface area contributed by atoms with Gasteiger partial charge in [0.15, 0.2) is 0 Å². The molecule has 1 unspecified atom stereocenters. The molecule has 0 spiro atoms. The van der Waals surface area contributed by atoms with E-state index in [0.29, 0.717) is 12.5 Å². The second kappa shape index (κ2) is 6.21. The van der Waals surface area contributed by atoms with E-state index in [1.165, 1.54) is 5.56 Å². The molecule has 0 amide bonds. The Labute approximate surface area is 106 Å². The molecule has 0 fully saturated rings. The molecule has 4 heteroatoms. The lowest BCUT2D eigenvalue weighted by Crippen LogP contribution is -2.32. The molecular formula is C12H20BrN3. The lowest BCUT2D eigenvalue weighted by Gasteiger charge is -2.26. The number of halogens is 1. The highest BCUT2D eigenvalue weighted by Crippen LogP contribution is 2.24. The first-order chi connectivity index (χ1) is 7.58. The Hall–Kier alpha value is -0.610. The first-order valence-electron chi connectivity index (χ1n) is 5.65. The Morgan fingerprint density at radius 2 is 2.25 bits per heavy atom. The van der Waals surface area contributed by atoms with Gasteiger partial charge in [-0.2, -0.15) is 0 Å². The van der Waals surface area contributed by atoms with Crippen LogP contribution in [0.2, 0.25) is 0 Å². The summed E-state index contributed by atoms with van der Waals surface area (Å²) in [6.07, 6.45) is 1.90. The molecule has 3 nitrogen and oxygen atoms in total. The van der Waals surface area contributed by atoms with Crippen molar-refractivity contribution in [2.45, 2.75) is 20.8 Å². The van der Waals surface area contributed by atoms with Gasteiger partial charge in [0.2, 0.25) is 0 Å². The molecule has 1 atom stereocenters. The van der Waals surface area contributed by atoms with Gasteiger partial charge in [-0.1, -0.05) is 6.92 Å². The third kappa shape index (κ3) is 3.46. The van der Waals surface area contributed by atoms with Crippen LogP contribution in [-0.2, 0) is 0 Å². The summed E-state index contributed by atoms with van der Waals surface area (Å²) in [5.41, 5.74) is 6.82. The molecule has 0 saturated heterocycles. The van der Waals surface area contributed by atoms with Gasteiger partial charge >= 0.3 is 0 Å². The van der Waals surface area contributed by atoms with E-state index in [0.717, 1.165) is 23.4 Å². The molecular weight excluding hydrogens is 266 g/mol. The number of anilines is 1. The van der Waals surface area contributed by atoms with Crippen molar-refractivity contribution < 1.29 is 0 Å². The lowest BCUT2D eigenvalue weighted by atomic mass is 10.1. The zero-order valence-electron chi connectivity index (χ0n) is 10.2. The minimum atomic E-state index is 0.481. The van der Waals surface area contributed by atoms with E-state index in [1.807, 2.05) is 13.1 Å². The third-order valence-electron chi connectivity index (χ3n) is 2.57. The molecule has 1 aromatic rings. The maximum atomic E-state index is 5.66. The average Bonchev–Trinajstić information content (AvgIpc) is 2.26. The molecule has 0 aliphatic carbocycles. The summed E-state index contributed by atoms with van der Waals surface area (Å²) in [4.78, 5) is 6.73. The largest absolute Gasteiger partial charge is 0.356 e. The van der Waals surface area contributed by atoms with Gasteiger partial charge in [-0.25, -0.2) is 4.98 Å². The summed E-state index contributed by atoms with van der Waals surface area (Å²) in [7, 11) is 0. The molecule has 0 bridgehead atoms. The van der Waals surface area contributed by atoms with Crippen molar-refractivity contribution in [3.05, 3.63) is 22.3 Å². The molecule has 0 aliphatic rings. The maximum absolute atomic E-state index is 5.66. The fourth-order valence-corrected chi connectivity index (χ4v) is 2.29. The number of nitrogens with zero attached hydrogens (tertiary/aromatic N) is 2. The Balaban J connectivity index is 2.86. The van der Waals surface area contributed by atoms with E-state index >= 15 is 0 Å². The fourth-order valence-electron chi connectivity index (χ4n) is 1.58. The van der Waals surface area contributed by atoms with Crippen LogP contribution in [0.1, 0.15) is 19.4 Å². The van der Waals surface area contributed by atoms with Gasteiger partial charge in [-0.05, 0) is 53.9 Å². The number of aromatic nitrogens is 1. The van der Waals surface area contributed by atoms with E-state index in [4.69, 9.17) is 5.73 Å². The Morgan fingerprint density at radius 3 is 2.75 bits per heavy atom. The van der Waals surface area contributed by atoms with Crippen molar-refractivity contribution in [1.82, 2.24) is 4.98 Å². The normalized spacial score (nSPS) is 12.6. The highest BCUT2D eigenvalue weighted by molar-refractivity contribution is 9.10. The van der Waals surface area contributed by atoms with Crippen LogP contribution in [0.4, 0.5) is 5.82 Å².